The molecule has 0 bridgehead atoms. The maximum Gasteiger partial charge on any atom is 0.148 e. The quantitative estimate of drug-likeness (QED) is 0.811. The fraction of sp³-hybridized carbons (Fsp3) is 0.375. The monoisotopic (exact) mass is 247 g/mol. The molecule has 1 saturated heterocycles. The van der Waals surface area contributed by atoms with Crippen molar-refractivity contribution >= 4 is 15.9 Å². The van der Waals surface area contributed by atoms with Crippen LogP contribution in [0.2, 0.25) is 0 Å². The van der Waals surface area contributed by atoms with E-state index in [0.29, 0.717) is 4.47 Å². The van der Waals surface area contributed by atoms with E-state index in [4.69, 9.17) is 4.74 Å². The van der Waals surface area contributed by atoms with Crippen molar-refractivity contribution in [2.45, 2.75) is 5.60 Å². The van der Waals surface area contributed by atoms with Gasteiger partial charge in [0.15, 0.2) is 0 Å². The average Bonchev–Trinajstić information content (AvgIpc) is 2.01. The number of aromatic nitrogens is 1. The van der Waals surface area contributed by atoms with Gasteiger partial charge in [0.25, 0.3) is 0 Å². The van der Waals surface area contributed by atoms with Crippen molar-refractivity contribution in [2.24, 2.45) is 0 Å². The van der Waals surface area contributed by atoms with E-state index in [1.807, 2.05) is 0 Å². The Morgan fingerprint density at radius 2 is 2.23 bits per heavy atom. The van der Waals surface area contributed by atoms with Crippen molar-refractivity contribution in [2.75, 3.05) is 13.2 Å². The Balaban J connectivity index is 2.49. The van der Waals surface area contributed by atoms with Crippen LogP contribution in [0.15, 0.2) is 16.9 Å². The topological polar surface area (TPSA) is 42.4 Å². The van der Waals surface area contributed by atoms with Gasteiger partial charge in [-0.25, -0.2) is 4.39 Å². The number of rotatable bonds is 1. The molecule has 1 aromatic heterocycles. The van der Waals surface area contributed by atoms with Crippen molar-refractivity contribution in [3.05, 3.63) is 28.2 Å². The van der Waals surface area contributed by atoms with Gasteiger partial charge in [0.1, 0.15) is 11.4 Å². The van der Waals surface area contributed by atoms with E-state index in [1.165, 1.54) is 6.20 Å². The first kappa shape index (κ1) is 9.05. The fourth-order valence-electron chi connectivity index (χ4n) is 1.30. The lowest BCUT2D eigenvalue weighted by atomic mass is 9.93. The van der Waals surface area contributed by atoms with Gasteiger partial charge in [-0.2, -0.15) is 0 Å². The van der Waals surface area contributed by atoms with Gasteiger partial charge in [-0.05, 0) is 15.9 Å². The average molecular weight is 248 g/mol. The van der Waals surface area contributed by atoms with Crippen LogP contribution in [-0.2, 0) is 10.3 Å². The molecule has 0 atom stereocenters. The van der Waals surface area contributed by atoms with E-state index in [1.54, 1.807) is 0 Å². The van der Waals surface area contributed by atoms with Crippen LogP contribution in [0.5, 0.6) is 0 Å². The predicted molar refractivity (Wildman–Crippen MR) is 46.6 cm³/mol. The van der Waals surface area contributed by atoms with Crippen LogP contribution in [-0.4, -0.2) is 23.3 Å². The van der Waals surface area contributed by atoms with Crippen molar-refractivity contribution in [3.63, 3.8) is 0 Å². The number of halogens is 2. The zero-order valence-corrected chi connectivity index (χ0v) is 8.21. The minimum atomic E-state index is -1.19. The molecule has 5 heteroatoms. The van der Waals surface area contributed by atoms with Crippen molar-refractivity contribution in [1.82, 2.24) is 4.98 Å². The summed E-state index contributed by atoms with van der Waals surface area (Å²) in [6, 6.07) is 0. The normalized spacial score (nSPS) is 19.6. The largest absolute Gasteiger partial charge is 0.380 e. The maximum absolute atomic E-state index is 13.3. The second kappa shape index (κ2) is 3.01. The second-order valence-electron chi connectivity index (χ2n) is 3.00. The molecule has 0 aliphatic carbocycles. The molecule has 2 rings (SSSR count). The zero-order chi connectivity index (χ0) is 9.47. The molecule has 0 amide bonds. The number of hydrogen-bond acceptors (Lipinski definition) is 3. The third-order valence-corrected chi connectivity index (χ3v) is 2.60. The lowest BCUT2D eigenvalue weighted by Crippen LogP contribution is -2.47. The molecule has 0 radical (unpaired) electrons. The summed E-state index contributed by atoms with van der Waals surface area (Å²) in [5.74, 6) is -0.514. The van der Waals surface area contributed by atoms with Gasteiger partial charge < -0.3 is 9.84 Å². The van der Waals surface area contributed by atoms with Crippen molar-refractivity contribution in [3.8, 4) is 0 Å². The summed E-state index contributed by atoms with van der Waals surface area (Å²) in [4.78, 5) is 3.64. The number of hydrogen-bond donors (Lipinski definition) is 1. The molecule has 1 aliphatic rings. The van der Waals surface area contributed by atoms with Gasteiger partial charge in [0.05, 0.1) is 19.4 Å². The summed E-state index contributed by atoms with van der Waals surface area (Å²) in [6.07, 6.45) is 2.53. The van der Waals surface area contributed by atoms with Crippen molar-refractivity contribution in [1.29, 1.82) is 0 Å². The molecular weight excluding hydrogens is 241 g/mol. The highest BCUT2D eigenvalue weighted by Crippen LogP contribution is 2.35. The molecule has 0 aromatic carbocycles. The lowest BCUT2D eigenvalue weighted by molar-refractivity contribution is -0.186. The molecule has 1 aromatic rings. The summed E-state index contributed by atoms with van der Waals surface area (Å²) >= 11 is 3.14. The Bertz CT molecular complexity index is 321. The molecule has 0 saturated carbocycles. The third-order valence-electron chi connectivity index (χ3n) is 2.00. The molecule has 1 aliphatic heterocycles. The highest BCUT2D eigenvalue weighted by atomic mass is 79.9. The molecule has 13 heavy (non-hydrogen) atoms. The van der Waals surface area contributed by atoms with Crippen LogP contribution in [0.4, 0.5) is 4.39 Å². The number of pyridine rings is 1. The summed E-state index contributed by atoms with van der Waals surface area (Å²) in [5, 5.41) is 9.82. The molecular formula is C8H7BrFNO2. The number of nitrogens with zero attached hydrogens (tertiary/aromatic N) is 1. The van der Waals surface area contributed by atoms with Crippen LogP contribution < -0.4 is 0 Å². The minimum absolute atomic E-state index is 0.131. The van der Waals surface area contributed by atoms with E-state index in [-0.39, 0.29) is 18.8 Å². The van der Waals surface area contributed by atoms with Gasteiger partial charge in [-0.1, -0.05) is 0 Å². The maximum atomic E-state index is 13.3. The smallest absolute Gasteiger partial charge is 0.148 e. The van der Waals surface area contributed by atoms with Crippen LogP contribution in [0.1, 0.15) is 5.56 Å². The molecule has 3 nitrogen and oxygen atoms in total. The Morgan fingerprint density at radius 1 is 1.54 bits per heavy atom. The van der Waals surface area contributed by atoms with Gasteiger partial charge >= 0.3 is 0 Å². The number of aliphatic hydroxyl groups is 1. The first-order chi connectivity index (χ1) is 6.13. The predicted octanol–water partition coefficient (Wildman–Crippen LogP) is 1.20. The lowest BCUT2D eigenvalue weighted by Gasteiger charge is -2.37. The van der Waals surface area contributed by atoms with Gasteiger partial charge in [-0.3, -0.25) is 4.98 Å². The summed E-state index contributed by atoms with van der Waals surface area (Å²) < 4.78 is 18.6. The van der Waals surface area contributed by atoms with E-state index < -0.39 is 11.4 Å². The summed E-state index contributed by atoms with van der Waals surface area (Å²) in [5.41, 5.74) is -0.958. The summed E-state index contributed by atoms with van der Waals surface area (Å²) in [6.45, 7) is 0.263. The van der Waals surface area contributed by atoms with Crippen LogP contribution in [0.25, 0.3) is 0 Å². The van der Waals surface area contributed by atoms with Gasteiger partial charge in [0, 0.05) is 16.2 Å². The van der Waals surface area contributed by atoms with Gasteiger partial charge in [0.2, 0.25) is 0 Å². The Kier molecular flexibility index (Phi) is 2.09. The van der Waals surface area contributed by atoms with Crippen LogP contribution >= 0.6 is 15.9 Å². The standard InChI is InChI=1S/C8H7BrFNO2/c9-5-1-11-2-6(10)7(5)8(12)3-13-4-8/h1-2,12H,3-4H2. The van der Waals surface area contributed by atoms with E-state index in [9.17, 15) is 9.50 Å². The molecule has 0 unspecified atom stereocenters. The second-order valence-corrected chi connectivity index (χ2v) is 3.86. The first-order valence-corrected chi connectivity index (χ1v) is 4.52. The highest BCUT2D eigenvalue weighted by Gasteiger charge is 2.41. The Hall–Kier alpha value is -0.520. The fourth-order valence-corrected chi connectivity index (χ4v) is 1.97. The minimum Gasteiger partial charge on any atom is -0.380 e. The molecule has 0 spiro atoms. The number of ether oxygens (including phenoxy) is 1. The third kappa shape index (κ3) is 1.37. The summed E-state index contributed by atoms with van der Waals surface area (Å²) in [7, 11) is 0. The molecule has 1 N–H and O–H groups in total. The highest BCUT2D eigenvalue weighted by molar-refractivity contribution is 9.10. The van der Waals surface area contributed by atoms with E-state index in [0.717, 1.165) is 6.20 Å². The Morgan fingerprint density at radius 3 is 2.69 bits per heavy atom. The molecule has 2 heterocycles. The Labute approximate surface area is 82.7 Å². The zero-order valence-electron chi connectivity index (χ0n) is 6.63. The SMILES string of the molecule is OC1(c2c(F)cncc2Br)COC1. The van der Waals surface area contributed by atoms with Crippen molar-refractivity contribution < 1.29 is 14.2 Å². The molecule has 1 fully saturated rings. The van der Waals surface area contributed by atoms with E-state index in [2.05, 4.69) is 20.9 Å². The van der Waals surface area contributed by atoms with Gasteiger partial charge in [-0.15, -0.1) is 0 Å². The molecule has 70 valence electrons. The van der Waals surface area contributed by atoms with Crippen LogP contribution in [0.3, 0.4) is 0 Å². The van der Waals surface area contributed by atoms with E-state index >= 15 is 0 Å². The van der Waals surface area contributed by atoms with Crippen LogP contribution in [0, 0.1) is 5.82 Å². The first-order valence-electron chi connectivity index (χ1n) is 3.73.